The molecule has 20 heavy (non-hydrogen) atoms. The molecule has 0 radical (unpaired) electrons. The van der Waals surface area contributed by atoms with Gasteiger partial charge in [0.25, 0.3) is 0 Å². The molecule has 1 saturated heterocycles. The predicted octanol–water partition coefficient (Wildman–Crippen LogP) is 2.30. The summed E-state index contributed by atoms with van der Waals surface area (Å²) < 4.78 is 18.7. The lowest BCUT2D eigenvalue weighted by atomic mass is 10.1. The molecule has 0 spiro atoms. The third kappa shape index (κ3) is 3.41. The average molecular weight is 321 g/mol. The average Bonchev–Trinajstić information content (AvgIpc) is 2.44. The number of ether oxygens (including phenoxy) is 1. The number of amides is 1. The maximum absolute atomic E-state index is 13.5. The molecule has 0 aliphatic carbocycles. The number of nitrogens with one attached hydrogen (secondary N) is 2. The first-order chi connectivity index (χ1) is 9.50. The first-order valence-corrected chi connectivity index (χ1v) is 7.01. The second-order valence-corrected chi connectivity index (χ2v) is 5.35. The minimum Gasteiger partial charge on any atom is -0.378 e. The van der Waals surface area contributed by atoms with Crippen LogP contribution in [0.1, 0.15) is 18.5 Å². The summed E-state index contributed by atoms with van der Waals surface area (Å²) in [5.74, 6) is -0.792. The molecule has 2 N–H and O–H groups in total. The van der Waals surface area contributed by atoms with Crippen LogP contribution < -0.4 is 10.6 Å². The number of carbonyl (C=O) groups is 1. The summed E-state index contributed by atoms with van der Waals surface area (Å²) in [4.78, 5) is 12.1. The van der Waals surface area contributed by atoms with Crippen LogP contribution in [-0.4, -0.2) is 31.7 Å². The standard InChI is InChI=1S/C13H15Cl2FN2O2/c1-7(11-8(14)2-3-9(16)12(11)15)18-13(19)10-6-20-5-4-17-10/h2-3,7,10,17H,4-6H2,1H3,(H,18,19). The molecular formula is C13H15Cl2FN2O2. The molecule has 0 bridgehead atoms. The molecule has 0 aromatic heterocycles. The molecule has 1 aromatic carbocycles. The number of benzene rings is 1. The van der Waals surface area contributed by atoms with Gasteiger partial charge in [0, 0.05) is 17.1 Å². The predicted molar refractivity (Wildman–Crippen MR) is 75.6 cm³/mol. The Bertz CT molecular complexity index is 507. The van der Waals surface area contributed by atoms with E-state index in [-0.39, 0.29) is 10.9 Å². The van der Waals surface area contributed by atoms with Crippen molar-refractivity contribution in [3.63, 3.8) is 0 Å². The van der Waals surface area contributed by atoms with Crippen LogP contribution in [0.5, 0.6) is 0 Å². The maximum Gasteiger partial charge on any atom is 0.240 e. The molecular weight excluding hydrogens is 306 g/mol. The SMILES string of the molecule is CC(NC(=O)C1COCCN1)c1c(Cl)ccc(F)c1Cl. The van der Waals surface area contributed by atoms with Crippen molar-refractivity contribution < 1.29 is 13.9 Å². The van der Waals surface area contributed by atoms with E-state index in [4.69, 9.17) is 27.9 Å². The molecule has 0 saturated carbocycles. The lowest BCUT2D eigenvalue weighted by molar-refractivity contribution is -0.126. The summed E-state index contributed by atoms with van der Waals surface area (Å²) in [5, 5.41) is 6.04. The topological polar surface area (TPSA) is 50.4 Å². The number of hydrogen-bond acceptors (Lipinski definition) is 3. The van der Waals surface area contributed by atoms with E-state index in [1.165, 1.54) is 12.1 Å². The Morgan fingerprint density at radius 3 is 2.95 bits per heavy atom. The van der Waals surface area contributed by atoms with Crippen molar-refractivity contribution in [2.24, 2.45) is 0 Å². The van der Waals surface area contributed by atoms with Crippen molar-refractivity contribution in [1.29, 1.82) is 0 Å². The van der Waals surface area contributed by atoms with Crippen LogP contribution in [0.3, 0.4) is 0 Å². The Balaban J connectivity index is 2.10. The highest BCUT2D eigenvalue weighted by Crippen LogP contribution is 2.32. The highest BCUT2D eigenvalue weighted by Gasteiger charge is 2.25. The van der Waals surface area contributed by atoms with Crippen molar-refractivity contribution in [3.8, 4) is 0 Å². The van der Waals surface area contributed by atoms with Gasteiger partial charge in [-0.05, 0) is 19.1 Å². The molecule has 2 atom stereocenters. The van der Waals surface area contributed by atoms with Crippen molar-refractivity contribution in [1.82, 2.24) is 10.6 Å². The number of hydrogen-bond donors (Lipinski definition) is 2. The lowest BCUT2D eigenvalue weighted by Crippen LogP contribution is -2.51. The van der Waals surface area contributed by atoms with Crippen molar-refractivity contribution in [3.05, 3.63) is 33.6 Å². The quantitative estimate of drug-likeness (QED) is 0.840. The van der Waals surface area contributed by atoms with Crippen molar-refractivity contribution >= 4 is 29.1 Å². The number of carbonyl (C=O) groups excluding carboxylic acids is 1. The Hall–Kier alpha value is -0.880. The fourth-order valence-electron chi connectivity index (χ4n) is 2.06. The van der Waals surface area contributed by atoms with Gasteiger partial charge < -0.3 is 15.4 Å². The third-order valence-electron chi connectivity index (χ3n) is 3.11. The molecule has 1 aromatic rings. The van der Waals surface area contributed by atoms with Gasteiger partial charge in [0.1, 0.15) is 11.9 Å². The van der Waals surface area contributed by atoms with E-state index in [1.54, 1.807) is 6.92 Å². The van der Waals surface area contributed by atoms with E-state index in [0.29, 0.717) is 30.3 Å². The van der Waals surface area contributed by atoms with E-state index in [2.05, 4.69) is 10.6 Å². The van der Waals surface area contributed by atoms with Crippen LogP contribution in [0.4, 0.5) is 4.39 Å². The monoisotopic (exact) mass is 320 g/mol. The van der Waals surface area contributed by atoms with Crippen molar-refractivity contribution in [2.45, 2.75) is 19.0 Å². The zero-order valence-electron chi connectivity index (χ0n) is 10.9. The number of halogens is 3. The van der Waals surface area contributed by atoms with Crippen LogP contribution in [0, 0.1) is 5.82 Å². The summed E-state index contributed by atoms with van der Waals surface area (Å²) in [5.41, 5.74) is 0.374. The fraction of sp³-hybridized carbons (Fsp3) is 0.462. The second-order valence-electron chi connectivity index (χ2n) is 4.57. The fourth-order valence-corrected chi connectivity index (χ4v) is 2.76. The first-order valence-electron chi connectivity index (χ1n) is 6.25. The molecule has 1 amide bonds. The van der Waals surface area contributed by atoms with Crippen LogP contribution in [-0.2, 0) is 9.53 Å². The van der Waals surface area contributed by atoms with Crippen molar-refractivity contribution in [2.75, 3.05) is 19.8 Å². The molecule has 1 aliphatic heterocycles. The molecule has 4 nitrogen and oxygen atoms in total. The summed E-state index contributed by atoms with van der Waals surface area (Å²) in [6.07, 6.45) is 0. The van der Waals surface area contributed by atoms with Gasteiger partial charge in [-0.2, -0.15) is 0 Å². The molecule has 1 aliphatic rings. The van der Waals surface area contributed by atoms with E-state index in [9.17, 15) is 9.18 Å². The molecule has 7 heteroatoms. The number of morpholine rings is 1. The Labute approximate surface area is 126 Å². The second kappa shape index (κ2) is 6.72. The van der Waals surface area contributed by atoms with Gasteiger partial charge in [0.15, 0.2) is 0 Å². The molecule has 1 heterocycles. The third-order valence-corrected chi connectivity index (χ3v) is 3.82. The highest BCUT2D eigenvalue weighted by molar-refractivity contribution is 6.36. The normalized spacial score (nSPS) is 20.5. The Kier molecular flexibility index (Phi) is 5.21. The maximum atomic E-state index is 13.5. The van der Waals surface area contributed by atoms with Gasteiger partial charge in [0.05, 0.1) is 24.3 Å². The summed E-state index contributed by atoms with van der Waals surface area (Å²) in [6, 6.07) is 1.70. The molecule has 2 rings (SSSR count). The highest BCUT2D eigenvalue weighted by atomic mass is 35.5. The zero-order chi connectivity index (χ0) is 14.7. The van der Waals surface area contributed by atoms with Crippen LogP contribution in [0.25, 0.3) is 0 Å². The number of rotatable bonds is 3. The summed E-state index contributed by atoms with van der Waals surface area (Å²) >= 11 is 11.9. The summed E-state index contributed by atoms with van der Waals surface area (Å²) in [7, 11) is 0. The lowest BCUT2D eigenvalue weighted by Gasteiger charge is -2.25. The van der Waals surface area contributed by atoms with E-state index in [1.807, 2.05) is 0 Å². The Morgan fingerprint density at radius 2 is 2.30 bits per heavy atom. The van der Waals surface area contributed by atoms with Gasteiger partial charge in [-0.25, -0.2) is 4.39 Å². The van der Waals surface area contributed by atoms with Gasteiger partial charge in [-0.1, -0.05) is 23.2 Å². The van der Waals surface area contributed by atoms with Gasteiger partial charge >= 0.3 is 0 Å². The minimum absolute atomic E-state index is 0.0712. The van der Waals surface area contributed by atoms with Crippen LogP contribution >= 0.6 is 23.2 Å². The smallest absolute Gasteiger partial charge is 0.240 e. The first kappa shape index (κ1) is 15.5. The van der Waals surface area contributed by atoms with E-state index in [0.717, 1.165) is 0 Å². The summed E-state index contributed by atoms with van der Waals surface area (Å²) in [6.45, 7) is 3.21. The molecule has 110 valence electrons. The van der Waals surface area contributed by atoms with Gasteiger partial charge in [-0.15, -0.1) is 0 Å². The van der Waals surface area contributed by atoms with E-state index >= 15 is 0 Å². The molecule has 1 fully saturated rings. The minimum atomic E-state index is -0.564. The Morgan fingerprint density at radius 1 is 1.55 bits per heavy atom. The van der Waals surface area contributed by atoms with Crippen LogP contribution in [0.15, 0.2) is 12.1 Å². The van der Waals surface area contributed by atoms with Crippen LogP contribution in [0.2, 0.25) is 10.0 Å². The largest absolute Gasteiger partial charge is 0.378 e. The van der Waals surface area contributed by atoms with Gasteiger partial charge in [0.2, 0.25) is 5.91 Å². The molecule has 2 unspecified atom stereocenters. The zero-order valence-corrected chi connectivity index (χ0v) is 12.4. The van der Waals surface area contributed by atoms with Gasteiger partial charge in [-0.3, -0.25) is 4.79 Å². The van der Waals surface area contributed by atoms with E-state index < -0.39 is 17.9 Å².